The highest BCUT2D eigenvalue weighted by Gasteiger charge is 2.14. The first kappa shape index (κ1) is 14.6. The standard InChI is InChI=1S/C13H24N4O/c1-5-17(6-2)8-10(3)15-13(18)12-7-11(14)9-16(12)4/h7,9-10H,5-6,8,14H2,1-4H3,(H,15,18). The van der Waals surface area contributed by atoms with Gasteiger partial charge in [0.2, 0.25) is 0 Å². The zero-order valence-corrected chi connectivity index (χ0v) is 11.7. The Balaban J connectivity index is 2.57. The molecule has 5 heteroatoms. The van der Waals surface area contributed by atoms with Crippen LogP contribution in [0, 0.1) is 0 Å². The van der Waals surface area contributed by atoms with E-state index in [0.717, 1.165) is 19.6 Å². The van der Waals surface area contributed by atoms with Crippen molar-refractivity contribution in [1.82, 2.24) is 14.8 Å². The van der Waals surface area contributed by atoms with Crippen LogP contribution in [0.3, 0.4) is 0 Å². The second kappa shape index (κ2) is 6.44. The Bertz CT molecular complexity index is 396. The monoisotopic (exact) mass is 252 g/mol. The fraction of sp³-hybridized carbons (Fsp3) is 0.615. The molecule has 1 aromatic rings. The lowest BCUT2D eigenvalue weighted by Crippen LogP contribution is -2.42. The van der Waals surface area contributed by atoms with Gasteiger partial charge in [0.1, 0.15) is 5.69 Å². The SMILES string of the molecule is CCN(CC)CC(C)NC(=O)c1cc(N)cn1C. The molecule has 0 aliphatic carbocycles. The largest absolute Gasteiger partial charge is 0.397 e. The summed E-state index contributed by atoms with van der Waals surface area (Å²) in [5, 5.41) is 2.99. The van der Waals surface area contributed by atoms with Crippen molar-refractivity contribution in [2.24, 2.45) is 7.05 Å². The summed E-state index contributed by atoms with van der Waals surface area (Å²) in [6.07, 6.45) is 1.74. The summed E-state index contributed by atoms with van der Waals surface area (Å²) < 4.78 is 1.74. The van der Waals surface area contributed by atoms with Crippen LogP contribution in [0.5, 0.6) is 0 Å². The molecule has 1 unspecified atom stereocenters. The molecule has 0 aliphatic rings. The van der Waals surface area contributed by atoms with Gasteiger partial charge in [0.25, 0.3) is 5.91 Å². The number of amides is 1. The van der Waals surface area contributed by atoms with Crippen LogP contribution in [-0.4, -0.2) is 41.1 Å². The third-order valence-corrected chi connectivity index (χ3v) is 3.06. The molecule has 3 N–H and O–H groups in total. The summed E-state index contributed by atoms with van der Waals surface area (Å²) >= 11 is 0. The van der Waals surface area contributed by atoms with Gasteiger partial charge in [-0.25, -0.2) is 0 Å². The van der Waals surface area contributed by atoms with Crippen molar-refractivity contribution in [1.29, 1.82) is 0 Å². The highest BCUT2D eigenvalue weighted by molar-refractivity contribution is 5.93. The number of nitrogen functional groups attached to an aromatic ring is 1. The van der Waals surface area contributed by atoms with Crippen molar-refractivity contribution in [3.63, 3.8) is 0 Å². The number of carbonyl (C=O) groups is 1. The molecule has 1 amide bonds. The molecule has 0 fully saturated rings. The molecule has 0 spiro atoms. The molecule has 1 rings (SSSR count). The maximum atomic E-state index is 12.0. The zero-order valence-electron chi connectivity index (χ0n) is 11.7. The minimum atomic E-state index is -0.0751. The topological polar surface area (TPSA) is 63.3 Å². The molecule has 0 radical (unpaired) electrons. The van der Waals surface area contributed by atoms with E-state index in [1.54, 1.807) is 16.8 Å². The van der Waals surface area contributed by atoms with E-state index in [4.69, 9.17) is 5.73 Å². The third kappa shape index (κ3) is 3.77. The summed E-state index contributed by atoms with van der Waals surface area (Å²) in [5.74, 6) is -0.0751. The van der Waals surface area contributed by atoms with Gasteiger partial charge in [-0.1, -0.05) is 13.8 Å². The summed E-state index contributed by atoms with van der Waals surface area (Å²) in [6.45, 7) is 9.11. The number of carbonyl (C=O) groups excluding carboxylic acids is 1. The van der Waals surface area contributed by atoms with Gasteiger partial charge >= 0.3 is 0 Å². The normalized spacial score (nSPS) is 12.7. The number of anilines is 1. The number of aromatic nitrogens is 1. The predicted molar refractivity (Wildman–Crippen MR) is 74.5 cm³/mol. The fourth-order valence-corrected chi connectivity index (χ4v) is 2.03. The Morgan fingerprint density at radius 2 is 2.11 bits per heavy atom. The number of likely N-dealkylation sites (N-methyl/N-ethyl adjacent to an activating group) is 1. The average Bonchev–Trinajstić information content (AvgIpc) is 2.65. The number of rotatable bonds is 6. The first-order valence-electron chi connectivity index (χ1n) is 6.43. The van der Waals surface area contributed by atoms with Crippen LogP contribution in [-0.2, 0) is 7.05 Å². The number of aryl methyl sites for hydroxylation is 1. The molecule has 0 saturated carbocycles. The van der Waals surface area contributed by atoms with Gasteiger partial charge in [-0.3, -0.25) is 4.79 Å². The van der Waals surface area contributed by atoms with Gasteiger partial charge in [0.15, 0.2) is 0 Å². The van der Waals surface area contributed by atoms with Gasteiger partial charge in [-0.2, -0.15) is 0 Å². The number of hydrogen-bond donors (Lipinski definition) is 2. The quantitative estimate of drug-likeness (QED) is 0.796. The van der Waals surface area contributed by atoms with Crippen molar-refractivity contribution in [3.8, 4) is 0 Å². The Labute approximate surface area is 109 Å². The first-order chi connectivity index (χ1) is 8.47. The maximum Gasteiger partial charge on any atom is 0.268 e. The highest BCUT2D eigenvalue weighted by Crippen LogP contribution is 2.08. The molecule has 0 aliphatic heterocycles. The van der Waals surface area contributed by atoms with Crippen LogP contribution < -0.4 is 11.1 Å². The average molecular weight is 252 g/mol. The van der Waals surface area contributed by atoms with Crippen LogP contribution in [0.4, 0.5) is 5.69 Å². The summed E-state index contributed by atoms with van der Waals surface area (Å²) in [7, 11) is 1.82. The second-order valence-corrected chi connectivity index (χ2v) is 4.63. The zero-order chi connectivity index (χ0) is 13.7. The van der Waals surface area contributed by atoms with Crippen molar-refractivity contribution >= 4 is 11.6 Å². The minimum absolute atomic E-state index is 0.0751. The van der Waals surface area contributed by atoms with E-state index < -0.39 is 0 Å². The Morgan fingerprint density at radius 1 is 1.50 bits per heavy atom. The first-order valence-corrected chi connectivity index (χ1v) is 6.43. The summed E-state index contributed by atoms with van der Waals surface area (Å²) in [5.41, 5.74) is 6.87. The lowest BCUT2D eigenvalue weighted by atomic mass is 10.2. The van der Waals surface area contributed by atoms with E-state index in [9.17, 15) is 4.79 Å². The summed E-state index contributed by atoms with van der Waals surface area (Å²) in [4.78, 5) is 14.3. The predicted octanol–water partition coefficient (Wildman–Crippen LogP) is 1.07. The van der Waals surface area contributed by atoms with Gasteiger partial charge in [-0.05, 0) is 26.1 Å². The highest BCUT2D eigenvalue weighted by atomic mass is 16.2. The van der Waals surface area contributed by atoms with Gasteiger partial charge in [-0.15, -0.1) is 0 Å². The molecule has 1 atom stereocenters. The lowest BCUT2D eigenvalue weighted by Gasteiger charge is -2.23. The molecule has 0 bridgehead atoms. The van der Waals surface area contributed by atoms with Crippen LogP contribution in [0.1, 0.15) is 31.3 Å². The van der Waals surface area contributed by atoms with E-state index in [0.29, 0.717) is 11.4 Å². The van der Waals surface area contributed by atoms with Crippen molar-refractivity contribution in [2.45, 2.75) is 26.8 Å². The molecular weight excluding hydrogens is 228 g/mol. The van der Waals surface area contributed by atoms with Crippen molar-refractivity contribution < 1.29 is 4.79 Å². The van der Waals surface area contributed by atoms with E-state index in [1.165, 1.54) is 0 Å². The smallest absolute Gasteiger partial charge is 0.268 e. The Morgan fingerprint density at radius 3 is 2.56 bits per heavy atom. The van der Waals surface area contributed by atoms with Crippen molar-refractivity contribution in [3.05, 3.63) is 18.0 Å². The molecule has 5 nitrogen and oxygen atoms in total. The van der Waals surface area contributed by atoms with E-state index in [1.807, 2.05) is 14.0 Å². The molecule has 18 heavy (non-hydrogen) atoms. The number of nitrogens with two attached hydrogens (primary N) is 1. The van der Waals surface area contributed by atoms with Gasteiger partial charge in [0, 0.05) is 25.8 Å². The summed E-state index contributed by atoms with van der Waals surface area (Å²) in [6, 6.07) is 1.81. The maximum absolute atomic E-state index is 12.0. The van der Waals surface area contributed by atoms with Gasteiger partial charge < -0.3 is 20.5 Å². The van der Waals surface area contributed by atoms with Crippen LogP contribution in [0.25, 0.3) is 0 Å². The van der Waals surface area contributed by atoms with E-state index >= 15 is 0 Å². The second-order valence-electron chi connectivity index (χ2n) is 4.63. The lowest BCUT2D eigenvalue weighted by molar-refractivity contribution is 0.0922. The van der Waals surface area contributed by atoms with E-state index in [-0.39, 0.29) is 11.9 Å². The number of hydrogen-bond acceptors (Lipinski definition) is 3. The molecule has 0 aromatic carbocycles. The van der Waals surface area contributed by atoms with Crippen LogP contribution in [0.2, 0.25) is 0 Å². The fourth-order valence-electron chi connectivity index (χ4n) is 2.03. The number of nitrogens with zero attached hydrogens (tertiary/aromatic N) is 2. The molecule has 102 valence electrons. The molecular formula is C13H24N4O. The van der Waals surface area contributed by atoms with E-state index in [2.05, 4.69) is 24.1 Å². The molecule has 1 heterocycles. The van der Waals surface area contributed by atoms with Crippen molar-refractivity contribution in [2.75, 3.05) is 25.4 Å². The minimum Gasteiger partial charge on any atom is -0.397 e. The Hall–Kier alpha value is -1.49. The third-order valence-electron chi connectivity index (χ3n) is 3.06. The van der Waals surface area contributed by atoms with Gasteiger partial charge in [0.05, 0.1) is 5.69 Å². The number of nitrogens with one attached hydrogen (secondary N) is 1. The van der Waals surface area contributed by atoms with Crippen LogP contribution >= 0.6 is 0 Å². The molecule has 1 aromatic heterocycles. The molecule has 0 saturated heterocycles. The Kier molecular flexibility index (Phi) is 5.22. The van der Waals surface area contributed by atoms with Crippen LogP contribution in [0.15, 0.2) is 12.3 Å².